The fourth-order valence-corrected chi connectivity index (χ4v) is 3.57. The summed E-state index contributed by atoms with van der Waals surface area (Å²) in [7, 11) is 4.77. The number of nitrogens with one attached hydrogen (secondary N) is 1. The molecule has 1 atom stereocenters. The SMILES string of the molecule is COc1ccc2c(c1OC)C(=O)OC2Nc1c(C)n(C)n(-c2ccccc2)c1=O. The molecule has 8 heteroatoms. The highest BCUT2D eigenvalue weighted by Gasteiger charge is 2.37. The van der Waals surface area contributed by atoms with Crippen molar-refractivity contribution in [1.29, 1.82) is 0 Å². The van der Waals surface area contributed by atoms with Crippen molar-refractivity contribution in [3.63, 3.8) is 0 Å². The van der Waals surface area contributed by atoms with Gasteiger partial charge in [-0.2, -0.15) is 0 Å². The molecular weight excluding hydrogens is 374 g/mol. The van der Waals surface area contributed by atoms with Crippen molar-refractivity contribution in [2.45, 2.75) is 13.2 Å². The monoisotopic (exact) mass is 395 g/mol. The third-order valence-electron chi connectivity index (χ3n) is 5.12. The summed E-state index contributed by atoms with van der Waals surface area (Å²) in [6, 6.07) is 12.8. The Balaban J connectivity index is 1.77. The van der Waals surface area contributed by atoms with Crippen LogP contribution in [-0.4, -0.2) is 29.6 Å². The molecule has 150 valence electrons. The molecule has 0 saturated heterocycles. The van der Waals surface area contributed by atoms with E-state index in [2.05, 4.69) is 5.32 Å². The van der Waals surface area contributed by atoms with E-state index < -0.39 is 12.2 Å². The number of ether oxygens (including phenoxy) is 3. The summed E-state index contributed by atoms with van der Waals surface area (Å²) in [6.45, 7) is 1.83. The number of methoxy groups -OCH3 is 2. The van der Waals surface area contributed by atoms with Crippen LogP contribution in [0.4, 0.5) is 5.69 Å². The Morgan fingerprint density at radius 1 is 1.03 bits per heavy atom. The average Bonchev–Trinajstić information content (AvgIpc) is 3.16. The summed E-state index contributed by atoms with van der Waals surface area (Å²) in [4.78, 5) is 25.6. The zero-order valence-corrected chi connectivity index (χ0v) is 16.6. The molecule has 0 aliphatic carbocycles. The van der Waals surface area contributed by atoms with Crippen LogP contribution in [-0.2, 0) is 11.8 Å². The Kier molecular flexibility index (Phi) is 4.54. The molecule has 29 heavy (non-hydrogen) atoms. The van der Waals surface area contributed by atoms with E-state index in [1.54, 1.807) is 28.5 Å². The predicted molar refractivity (Wildman–Crippen MR) is 107 cm³/mol. The maximum atomic E-state index is 13.1. The standard InChI is InChI=1S/C21H21N3O5/c1-12-17(20(25)24(23(12)2)13-8-6-5-7-9-13)22-19-14-10-11-15(27-3)18(28-4)16(14)21(26)29-19/h5-11,19,22H,1-4H3. The maximum absolute atomic E-state index is 13.1. The van der Waals surface area contributed by atoms with Crippen molar-refractivity contribution in [2.75, 3.05) is 19.5 Å². The van der Waals surface area contributed by atoms with E-state index in [1.165, 1.54) is 14.2 Å². The molecule has 1 unspecified atom stereocenters. The Labute approximate surface area is 167 Å². The lowest BCUT2D eigenvalue weighted by molar-refractivity contribution is 0.0435. The smallest absolute Gasteiger partial charge is 0.344 e. The number of fused-ring (bicyclic) bond motifs is 1. The average molecular weight is 395 g/mol. The van der Waals surface area contributed by atoms with Gasteiger partial charge in [0.05, 0.1) is 25.6 Å². The highest BCUT2D eigenvalue weighted by atomic mass is 16.6. The number of benzene rings is 2. The van der Waals surface area contributed by atoms with Crippen molar-refractivity contribution in [3.8, 4) is 17.2 Å². The maximum Gasteiger partial charge on any atom is 0.344 e. The van der Waals surface area contributed by atoms with Gasteiger partial charge in [-0.25, -0.2) is 9.48 Å². The second kappa shape index (κ2) is 7.05. The first-order valence-electron chi connectivity index (χ1n) is 9.04. The molecule has 0 radical (unpaired) electrons. The minimum Gasteiger partial charge on any atom is -0.493 e. The molecule has 8 nitrogen and oxygen atoms in total. The van der Waals surface area contributed by atoms with Crippen molar-refractivity contribution in [3.05, 3.63) is 69.6 Å². The molecule has 4 rings (SSSR count). The van der Waals surface area contributed by atoms with Gasteiger partial charge in [0.25, 0.3) is 5.56 Å². The minimum absolute atomic E-state index is 0.235. The minimum atomic E-state index is -0.810. The first-order chi connectivity index (χ1) is 14.0. The van der Waals surface area contributed by atoms with Crippen LogP contribution >= 0.6 is 0 Å². The number of carbonyl (C=O) groups excluding carboxylic acids is 1. The first-order valence-corrected chi connectivity index (χ1v) is 9.04. The second-order valence-electron chi connectivity index (χ2n) is 6.63. The molecule has 1 aliphatic rings. The number of aromatic nitrogens is 2. The van der Waals surface area contributed by atoms with Crippen molar-refractivity contribution >= 4 is 11.7 Å². The van der Waals surface area contributed by atoms with E-state index in [9.17, 15) is 9.59 Å². The highest BCUT2D eigenvalue weighted by Crippen LogP contribution is 2.42. The van der Waals surface area contributed by atoms with Crippen LogP contribution in [0.2, 0.25) is 0 Å². The summed E-state index contributed by atoms with van der Waals surface area (Å²) in [5.74, 6) is 0.210. The van der Waals surface area contributed by atoms with Gasteiger partial charge in [0.1, 0.15) is 11.3 Å². The first kappa shape index (κ1) is 18.7. The molecule has 0 amide bonds. The van der Waals surface area contributed by atoms with E-state index in [0.717, 1.165) is 5.69 Å². The molecule has 1 N–H and O–H groups in total. The van der Waals surface area contributed by atoms with Crippen LogP contribution in [0.15, 0.2) is 47.3 Å². The number of hydrogen-bond donors (Lipinski definition) is 1. The van der Waals surface area contributed by atoms with Crippen LogP contribution < -0.4 is 20.3 Å². The molecule has 0 saturated carbocycles. The summed E-state index contributed by atoms with van der Waals surface area (Å²) >= 11 is 0. The van der Waals surface area contributed by atoms with Gasteiger partial charge in [-0.3, -0.25) is 9.48 Å². The third kappa shape index (κ3) is 2.84. The fourth-order valence-electron chi connectivity index (χ4n) is 3.57. The van der Waals surface area contributed by atoms with Gasteiger partial charge in [0.15, 0.2) is 11.5 Å². The number of anilines is 1. The van der Waals surface area contributed by atoms with E-state index >= 15 is 0 Å². The van der Waals surface area contributed by atoms with Crippen molar-refractivity contribution < 1.29 is 19.0 Å². The largest absolute Gasteiger partial charge is 0.493 e. The second-order valence-corrected chi connectivity index (χ2v) is 6.63. The molecule has 2 aromatic carbocycles. The zero-order valence-electron chi connectivity index (χ0n) is 16.6. The molecule has 0 spiro atoms. The molecule has 1 aromatic heterocycles. The summed E-state index contributed by atoms with van der Waals surface area (Å²) < 4.78 is 19.4. The fraction of sp³-hybridized carbons (Fsp3) is 0.238. The van der Waals surface area contributed by atoms with Gasteiger partial charge in [0, 0.05) is 12.6 Å². The molecule has 1 aliphatic heterocycles. The summed E-state index contributed by atoms with van der Waals surface area (Å²) in [5.41, 5.74) is 2.45. The van der Waals surface area contributed by atoms with E-state index in [0.29, 0.717) is 34.0 Å². The van der Waals surface area contributed by atoms with Gasteiger partial charge in [-0.05, 0) is 31.2 Å². The Bertz CT molecular complexity index is 1150. The highest BCUT2D eigenvalue weighted by molar-refractivity contribution is 5.98. The number of para-hydroxylation sites is 1. The number of rotatable bonds is 5. The lowest BCUT2D eigenvalue weighted by atomic mass is 10.1. The van der Waals surface area contributed by atoms with E-state index in [4.69, 9.17) is 14.2 Å². The quantitative estimate of drug-likeness (QED) is 0.669. The van der Waals surface area contributed by atoms with Crippen LogP contribution in [0.25, 0.3) is 5.69 Å². The number of nitrogens with zero attached hydrogens (tertiary/aromatic N) is 2. The van der Waals surface area contributed by atoms with Gasteiger partial charge < -0.3 is 19.5 Å². The van der Waals surface area contributed by atoms with Gasteiger partial charge in [-0.1, -0.05) is 18.2 Å². The Hall–Kier alpha value is -3.68. The van der Waals surface area contributed by atoms with Crippen LogP contribution in [0.3, 0.4) is 0 Å². The van der Waals surface area contributed by atoms with Crippen LogP contribution in [0.5, 0.6) is 11.5 Å². The molecule has 3 aromatic rings. The van der Waals surface area contributed by atoms with Crippen LogP contribution in [0, 0.1) is 6.92 Å². The molecule has 2 heterocycles. The molecule has 0 fully saturated rings. The summed E-state index contributed by atoms with van der Waals surface area (Å²) in [5, 5.41) is 3.09. The topological polar surface area (TPSA) is 83.7 Å². The van der Waals surface area contributed by atoms with Gasteiger partial charge in [0.2, 0.25) is 6.23 Å². The van der Waals surface area contributed by atoms with Crippen molar-refractivity contribution in [2.24, 2.45) is 7.05 Å². The number of carbonyl (C=O) groups is 1. The number of hydrogen-bond acceptors (Lipinski definition) is 6. The Morgan fingerprint density at radius 3 is 2.41 bits per heavy atom. The number of cyclic esters (lactones) is 1. The van der Waals surface area contributed by atoms with E-state index in [1.807, 2.05) is 37.3 Å². The third-order valence-corrected chi connectivity index (χ3v) is 5.12. The van der Waals surface area contributed by atoms with E-state index in [-0.39, 0.29) is 5.56 Å². The normalized spacial score (nSPS) is 15.0. The lowest BCUT2D eigenvalue weighted by Gasteiger charge is -2.14. The Morgan fingerprint density at radius 2 is 1.76 bits per heavy atom. The predicted octanol–water partition coefficient (Wildman–Crippen LogP) is 2.78. The summed E-state index contributed by atoms with van der Waals surface area (Å²) in [6.07, 6.45) is -0.810. The van der Waals surface area contributed by atoms with Gasteiger partial charge >= 0.3 is 5.97 Å². The molecular formula is C21H21N3O5. The zero-order chi connectivity index (χ0) is 20.7. The van der Waals surface area contributed by atoms with Gasteiger partial charge in [-0.15, -0.1) is 0 Å². The van der Waals surface area contributed by atoms with Crippen molar-refractivity contribution in [1.82, 2.24) is 9.36 Å². The lowest BCUT2D eigenvalue weighted by Crippen LogP contribution is -2.22. The van der Waals surface area contributed by atoms with Crippen LogP contribution in [0.1, 0.15) is 27.8 Å². The molecule has 0 bridgehead atoms. The number of esters is 1.